The normalized spacial score (nSPS) is 32.5. The second kappa shape index (κ2) is 16.3. The maximum atomic E-state index is 11.1. The molecule has 10 N–H and O–H groups in total. The number of hydrogen-bond donors (Lipinski definition) is 10. The third kappa shape index (κ3) is 8.48. The quantitative estimate of drug-likeness (QED) is 0.102. The number of aliphatic hydroxyl groups excluding tert-OH is 10. The van der Waals surface area contributed by atoms with Crippen molar-refractivity contribution in [1.29, 1.82) is 0 Å². The number of benzene rings is 2. The van der Waals surface area contributed by atoms with Gasteiger partial charge in [0.05, 0.1) is 27.4 Å². The molecule has 12 atom stereocenters. The Kier molecular flexibility index (Phi) is 12.7. The maximum absolute atomic E-state index is 11.1. The van der Waals surface area contributed by atoms with E-state index in [1.165, 1.54) is 32.4 Å². The van der Waals surface area contributed by atoms with E-state index < -0.39 is 80.6 Å². The van der Waals surface area contributed by atoms with Crippen molar-refractivity contribution >= 4 is 6.08 Å². The molecule has 0 unspecified atom stereocenters. The Morgan fingerprint density at radius 2 is 1.28 bits per heavy atom. The van der Waals surface area contributed by atoms with Crippen LogP contribution in [0.25, 0.3) is 6.08 Å². The van der Waals surface area contributed by atoms with Gasteiger partial charge >= 0.3 is 0 Å². The lowest BCUT2D eigenvalue weighted by atomic mass is 10.0. The number of methoxy groups -OCH3 is 2. The lowest BCUT2D eigenvalue weighted by Gasteiger charge is -2.38. The molecule has 4 rings (SSSR count). The number of ether oxygens (including phenoxy) is 7. The second-order valence-electron chi connectivity index (χ2n) is 10.7. The first-order valence-corrected chi connectivity index (χ1v) is 14.4. The Morgan fingerprint density at radius 1 is 0.702 bits per heavy atom. The fourth-order valence-corrected chi connectivity index (χ4v) is 4.79. The van der Waals surface area contributed by atoms with Gasteiger partial charge in [-0.05, 0) is 35.4 Å². The summed E-state index contributed by atoms with van der Waals surface area (Å²) in [6, 6.07) is 8.98. The Labute approximate surface area is 268 Å². The first-order valence-electron chi connectivity index (χ1n) is 14.4. The predicted octanol–water partition coefficient (Wildman–Crippen LogP) is -2.90. The monoisotopic (exact) mass is 672 g/mol. The number of aliphatic hydroxyl groups is 10. The first kappa shape index (κ1) is 36.7. The van der Waals surface area contributed by atoms with Gasteiger partial charge in [0, 0.05) is 0 Å². The summed E-state index contributed by atoms with van der Waals surface area (Å²) in [5.41, 5.74) is 0.871. The van der Waals surface area contributed by atoms with Gasteiger partial charge < -0.3 is 84.2 Å². The molecular weight excluding hydrogens is 632 g/mol. The van der Waals surface area contributed by atoms with Crippen LogP contribution in [0.4, 0.5) is 0 Å². The van der Waals surface area contributed by atoms with Crippen LogP contribution in [0.1, 0.15) is 17.2 Å². The van der Waals surface area contributed by atoms with Crippen LogP contribution in [0, 0.1) is 0 Å². The van der Waals surface area contributed by atoms with E-state index in [1.807, 2.05) is 0 Å². The van der Waals surface area contributed by atoms with Crippen LogP contribution >= 0.6 is 0 Å². The summed E-state index contributed by atoms with van der Waals surface area (Å²) in [4.78, 5) is 0. The van der Waals surface area contributed by atoms with Crippen molar-refractivity contribution in [2.45, 2.75) is 74.0 Å². The minimum absolute atomic E-state index is 0.0110. The molecule has 2 aliphatic heterocycles. The zero-order chi connectivity index (χ0) is 34.4. The largest absolute Gasteiger partial charge is 0.493 e. The highest BCUT2D eigenvalue weighted by molar-refractivity contribution is 5.56. The molecule has 0 aromatic heterocycles. The third-order valence-corrected chi connectivity index (χ3v) is 7.53. The zero-order valence-electron chi connectivity index (χ0n) is 25.3. The molecule has 0 radical (unpaired) electrons. The molecule has 17 heteroatoms. The lowest BCUT2D eigenvalue weighted by molar-refractivity contribution is -0.338. The molecule has 17 nitrogen and oxygen atoms in total. The van der Waals surface area contributed by atoms with E-state index in [0.717, 1.165) is 0 Å². The van der Waals surface area contributed by atoms with E-state index in [0.29, 0.717) is 5.56 Å². The fraction of sp³-hybridized carbons (Fsp3) is 0.533. The Morgan fingerprint density at radius 3 is 1.89 bits per heavy atom. The summed E-state index contributed by atoms with van der Waals surface area (Å²) in [5.74, 6) is 0.522. The van der Waals surface area contributed by atoms with Crippen molar-refractivity contribution in [3.05, 3.63) is 53.6 Å². The first-order chi connectivity index (χ1) is 22.4. The Balaban J connectivity index is 1.39. The van der Waals surface area contributed by atoms with Crippen molar-refractivity contribution < 1.29 is 84.2 Å². The smallest absolute Gasteiger partial charge is 0.231 e. The molecule has 262 valence electrons. The highest BCUT2D eigenvalue weighted by Crippen LogP contribution is 2.36. The second-order valence-corrected chi connectivity index (χ2v) is 10.7. The SMILES string of the molecule is COc1cc([C@@H](O)[C@@H](CO)Oc2ccc(/C=C/CO[C@@H]3O[C@@H](O)[C@H](O)[C@@H](O)[C@@H]3O)cc2OC)ccc1O[C@H]1O[C@H](O)[C@@H](O)[C@H](O)[C@H]1O. The van der Waals surface area contributed by atoms with Crippen LogP contribution < -0.4 is 18.9 Å². The van der Waals surface area contributed by atoms with E-state index in [2.05, 4.69) is 0 Å². The van der Waals surface area contributed by atoms with E-state index >= 15 is 0 Å². The highest BCUT2D eigenvalue weighted by Gasteiger charge is 2.45. The van der Waals surface area contributed by atoms with Gasteiger partial charge in [-0.15, -0.1) is 0 Å². The van der Waals surface area contributed by atoms with Crippen LogP contribution in [0.5, 0.6) is 23.0 Å². The van der Waals surface area contributed by atoms with Gasteiger partial charge in [-0.1, -0.05) is 24.3 Å². The minimum atomic E-state index is -1.82. The topological polar surface area (TPSA) is 267 Å². The van der Waals surface area contributed by atoms with Crippen molar-refractivity contribution in [3.63, 3.8) is 0 Å². The number of hydrogen-bond acceptors (Lipinski definition) is 17. The lowest BCUT2D eigenvalue weighted by Crippen LogP contribution is -2.59. The van der Waals surface area contributed by atoms with Gasteiger partial charge in [-0.25, -0.2) is 0 Å². The summed E-state index contributed by atoms with van der Waals surface area (Å²) in [7, 11) is 2.70. The highest BCUT2D eigenvalue weighted by atomic mass is 16.8. The van der Waals surface area contributed by atoms with Gasteiger partial charge in [0.1, 0.15) is 42.7 Å². The van der Waals surface area contributed by atoms with Gasteiger partial charge in [0.15, 0.2) is 48.0 Å². The van der Waals surface area contributed by atoms with E-state index in [1.54, 1.807) is 30.4 Å². The molecule has 0 saturated carbocycles. The van der Waals surface area contributed by atoms with Crippen molar-refractivity contribution in [2.75, 3.05) is 27.4 Å². The molecule has 47 heavy (non-hydrogen) atoms. The van der Waals surface area contributed by atoms with E-state index in [9.17, 15) is 51.1 Å². The van der Waals surface area contributed by atoms with Gasteiger partial charge in [-0.3, -0.25) is 0 Å². The molecule has 0 amide bonds. The standard InChI is InChI=1S/C30H40O17/c1-41-17-10-13(4-3-9-43-29-25(37)21(33)23(35)27(39)46-29)5-7-15(17)44-19(12-31)20(32)14-6-8-16(18(11-14)42-2)45-30-26(38)22(34)24(36)28(40)47-30/h3-8,10-11,19-40H,9,12H2,1-2H3/b4-3+/t19-,20-,21-,22+,23-,24+,25+,26-,27-,28+,29-,30+/m1/s1. The Hall–Kier alpha value is -3.14. The van der Waals surface area contributed by atoms with Crippen LogP contribution in [-0.4, -0.2) is 146 Å². The van der Waals surface area contributed by atoms with Crippen LogP contribution in [0.2, 0.25) is 0 Å². The average Bonchev–Trinajstić information content (AvgIpc) is 3.08. The van der Waals surface area contributed by atoms with Crippen LogP contribution in [0.15, 0.2) is 42.5 Å². The summed E-state index contributed by atoms with van der Waals surface area (Å²) in [5, 5.41) is 99.6. The summed E-state index contributed by atoms with van der Waals surface area (Å²) >= 11 is 0. The molecule has 0 bridgehead atoms. The summed E-state index contributed by atoms with van der Waals surface area (Å²) in [6.07, 6.45) is -15.9. The third-order valence-electron chi connectivity index (χ3n) is 7.53. The van der Waals surface area contributed by atoms with Crippen molar-refractivity contribution in [1.82, 2.24) is 0 Å². The number of rotatable bonds is 13. The van der Waals surface area contributed by atoms with E-state index in [4.69, 9.17) is 33.2 Å². The minimum Gasteiger partial charge on any atom is -0.493 e. The molecule has 2 fully saturated rings. The fourth-order valence-electron chi connectivity index (χ4n) is 4.79. The predicted molar refractivity (Wildman–Crippen MR) is 156 cm³/mol. The van der Waals surface area contributed by atoms with Crippen LogP contribution in [0.3, 0.4) is 0 Å². The Bertz CT molecular complexity index is 1330. The van der Waals surface area contributed by atoms with Crippen molar-refractivity contribution in [2.24, 2.45) is 0 Å². The zero-order valence-corrected chi connectivity index (χ0v) is 25.3. The molecule has 2 saturated heterocycles. The van der Waals surface area contributed by atoms with Gasteiger partial charge in [0.25, 0.3) is 0 Å². The molecule has 2 heterocycles. The van der Waals surface area contributed by atoms with E-state index in [-0.39, 0.29) is 35.2 Å². The molecular formula is C30H40O17. The van der Waals surface area contributed by atoms with Crippen molar-refractivity contribution in [3.8, 4) is 23.0 Å². The summed E-state index contributed by atoms with van der Waals surface area (Å²) < 4.78 is 37.5. The van der Waals surface area contributed by atoms with Gasteiger partial charge in [-0.2, -0.15) is 0 Å². The maximum Gasteiger partial charge on any atom is 0.231 e. The molecule has 2 aromatic rings. The van der Waals surface area contributed by atoms with Gasteiger partial charge in [0.2, 0.25) is 6.29 Å². The molecule has 2 aromatic carbocycles. The average molecular weight is 673 g/mol. The van der Waals surface area contributed by atoms with Crippen LogP contribution in [-0.2, 0) is 14.2 Å². The summed E-state index contributed by atoms with van der Waals surface area (Å²) in [6.45, 7) is -0.704. The molecule has 2 aliphatic rings. The molecule has 0 aliphatic carbocycles. The molecule has 0 spiro atoms.